The van der Waals surface area contributed by atoms with Crippen LogP contribution in [0.3, 0.4) is 0 Å². The molecule has 4 nitrogen and oxygen atoms in total. The molecule has 4 heteroatoms. The summed E-state index contributed by atoms with van der Waals surface area (Å²) in [7, 11) is 0. The summed E-state index contributed by atoms with van der Waals surface area (Å²) in [6, 6.07) is 9.90. The standard InChI is InChI=1S/C12H12N2O2/c15-11-6-13-12(14-7-11)9-16-8-10-4-2-1-3-5-10/h1-7,15H,8-9H2. The van der Waals surface area contributed by atoms with E-state index in [4.69, 9.17) is 9.84 Å². The summed E-state index contributed by atoms with van der Waals surface area (Å²) in [4.78, 5) is 7.85. The second-order valence-corrected chi connectivity index (χ2v) is 3.34. The van der Waals surface area contributed by atoms with Crippen LogP contribution >= 0.6 is 0 Å². The molecule has 2 aromatic rings. The highest BCUT2D eigenvalue weighted by atomic mass is 16.5. The summed E-state index contributed by atoms with van der Waals surface area (Å²) in [6.45, 7) is 0.875. The van der Waals surface area contributed by atoms with Gasteiger partial charge < -0.3 is 9.84 Å². The molecule has 16 heavy (non-hydrogen) atoms. The van der Waals surface area contributed by atoms with Crippen LogP contribution in [0.15, 0.2) is 42.7 Å². The van der Waals surface area contributed by atoms with Gasteiger partial charge in [-0.2, -0.15) is 0 Å². The van der Waals surface area contributed by atoms with Crippen LogP contribution in [-0.2, 0) is 18.0 Å². The van der Waals surface area contributed by atoms with Crippen molar-refractivity contribution in [3.8, 4) is 5.75 Å². The van der Waals surface area contributed by atoms with Crippen LogP contribution in [0.2, 0.25) is 0 Å². The van der Waals surface area contributed by atoms with Crippen molar-refractivity contribution < 1.29 is 9.84 Å². The van der Waals surface area contributed by atoms with E-state index in [-0.39, 0.29) is 5.75 Å². The molecule has 1 N–H and O–H groups in total. The number of nitrogens with zero attached hydrogens (tertiary/aromatic N) is 2. The lowest BCUT2D eigenvalue weighted by Crippen LogP contribution is -1.98. The first-order valence-corrected chi connectivity index (χ1v) is 4.96. The van der Waals surface area contributed by atoms with Gasteiger partial charge in [-0.3, -0.25) is 0 Å². The molecule has 1 heterocycles. The Bertz CT molecular complexity index is 429. The summed E-state index contributed by atoms with van der Waals surface area (Å²) >= 11 is 0. The maximum Gasteiger partial charge on any atom is 0.154 e. The van der Waals surface area contributed by atoms with Crippen molar-refractivity contribution in [2.75, 3.05) is 0 Å². The molecule has 0 bridgehead atoms. The lowest BCUT2D eigenvalue weighted by atomic mass is 10.2. The summed E-state index contributed by atoms with van der Waals surface area (Å²) in [5.41, 5.74) is 1.11. The predicted molar refractivity (Wildman–Crippen MR) is 58.6 cm³/mol. The Kier molecular flexibility index (Phi) is 3.46. The molecule has 0 aliphatic heterocycles. The Balaban J connectivity index is 1.82. The van der Waals surface area contributed by atoms with Gasteiger partial charge in [0.15, 0.2) is 11.6 Å². The van der Waals surface area contributed by atoms with E-state index in [0.29, 0.717) is 19.0 Å². The van der Waals surface area contributed by atoms with Crippen molar-refractivity contribution in [1.82, 2.24) is 9.97 Å². The zero-order chi connectivity index (χ0) is 11.2. The van der Waals surface area contributed by atoms with E-state index < -0.39 is 0 Å². The van der Waals surface area contributed by atoms with Gasteiger partial charge in [0.2, 0.25) is 0 Å². The third kappa shape index (κ3) is 3.03. The largest absolute Gasteiger partial charge is 0.505 e. The number of aromatic hydroxyl groups is 1. The predicted octanol–water partition coefficient (Wildman–Crippen LogP) is 1.90. The van der Waals surface area contributed by atoms with E-state index in [1.54, 1.807) is 0 Å². The fourth-order valence-corrected chi connectivity index (χ4v) is 1.26. The van der Waals surface area contributed by atoms with Crippen LogP contribution in [0, 0.1) is 0 Å². The maximum absolute atomic E-state index is 8.99. The smallest absolute Gasteiger partial charge is 0.154 e. The molecule has 1 aromatic heterocycles. The highest BCUT2D eigenvalue weighted by Crippen LogP contribution is 2.05. The summed E-state index contributed by atoms with van der Waals surface area (Å²) in [6.07, 6.45) is 2.71. The monoisotopic (exact) mass is 216 g/mol. The highest BCUT2D eigenvalue weighted by molar-refractivity contribution is 5.13. The van der Waals surface area contributed by atoms with Gasteiger partial charge in [0.1, 0.15) is 6.61 Å². The highest BCUT2D eigenvalue weighted by Gasteiger charge is 1.97. The Morgan fingerprint density at radius 2 is 1.69 bits per heavy atom. The fraction of sp³-hybridized carbons (Fsp3) is 0.167. The molecular formula is C12H12N2O2. The second-order valence-electron chi connectivity index (χ2n) is 3.34. The van der Waals surface area contributed by atoms with Crippen molar-refractivity contribution in [3.05, 3.63) is 54.1 Å². The third-order valence-corrected chi connectivity index (χ3v) is 2.03. The van der Waals surface area contributed by atoms with Gasteiger partial charge in [0, 0.05) is 0 Å². The Hall–Kier alpha value is -1.94. The number of hydrogen-bond donors (Lipinski definition) is 1. The van der Waals surface area contributed by atoms with Crippen molar-refractivity contribution in [2.24, 2.45) is 0 Å². The minimum atomic E-state index is 0.0619. The molecule has 0 atom stereocenters. The second kappa shape index (κ2) is 5.23. The molecule has 82 valence electrons. The molecule has 0 radical (unpaired) electrons. The van der Waals surface area contributed by atoms with Crippen molar-refractivity contribution in [3.63, 3.8) is 0 Å². The molecule has 0 aliphatic rings. The van der Waals surface area contributed by atoms with Gasteiger partial charge in [-0.25, -0.2) is 9.97 Å². The number of benzene rings is 1. The number of rotatable bonds is 4. The summed E-state index contributed by atoms with van der Waals surface area (Å²) < 4.78 is 5.44. The quantitative estimate of drug-likeness (QED) is 0.848. The molecule has 0 amide bonds. The van der Waals surface area contributed by atoms with Crippen LogP contribution in [0.5, 0.6) is 5.75 Å². The first-order valence-electron chi connectivity index (χ1n) is 4.96. The lowest BCUT2D eigenvalue weighted by Gasteiger charge is -2.03. The lowest BCUT2D eigenvalue weighted by molar-refractivity contribution is 0.101. The Morgan fingerprint density at radius 1 is 1.00 bits per heavy atom. The van der Waals surface area contributed by atoms with Crippen molar-refractivity contribution >= 4 is 0 Å². The molecule has 0 spiro atoms. The normalized spacial score (nSPS) is 10.2. The third-order valence-electron chi connectivity index (χ3n) is 2.03. The number of aromatic nitrogens is 2. The van der Waals surface area contributed by atoms with Gasteiger partial charge in [-0.05, 0) is 5.56 Å². The van der Waals surface area contributed by atoms with Gasteiger partial charge in [-0.15, -0.1) is 0 Å². The van der Waals surface area contributed by atoms with Gasteiger partial charge in [-0.1, -0.05) is 30.3 Å². The SMILES string of the molecule is Oc1cnc(COCc2ccccc2)nc1. The van der Waals surface area contributed by atoms with Gasteiger partial charge in [0.25, 0.3) is 0 Å². The zero-order valence-corrected chi connectivity index (χ0v) is 8.71. The number of hydrogen-bond acceptors (Lipinski definition) is 4. The number of ether oxygens (including phenoxy) is 1. The topological polar surface area (TPSA) is 55.2 Å². The molecule has 0 saturated carbocycles. The van der Waals surface area contributed by atoms with E-state index in [1.165, 1.54) is 12.4 Å². The van der Waals surface area contributed by atoms with E-state index in [9.17, 15) is 0 Å². The van der Waals surface area contributed by atoms with Crippen LogP contribution in [0.4, 0.5) is 0 Å². The first-order chi connectivity index (χ1) is 7.84. The van der Waals surface area contributed by atoms with Crippen molar-refractivity contribution in [1.29, 1.82) is 0 Å². The summed E-state index contributed by atoms with van der Waals surface area (Å²) in [5.74, 6) is 0.626. The van der Waals surface area contributed by atoms with Crippen LogP contribution in [0.25, 0.3) is 0 Å². The molecule has 1 aromatic carbocycles. The van der Waals surface area contributed by atoms with E-state index >= 15 is 0 Å². The fourth-order valence-electron chi connectivity index (χ4n) is 1.26. The average Bonchev–Trinajstić information content (AvgIpc) is 2.33. The van der Waals surface area contributed by atoms with Crippen molar-refractivity contribution in [2.45, 2.75) is 13.2 Å². The molecule has 0 unspecified atom stereocenters. The minimum absolute atomic E-state index is 0.0619. The van der Waals surface area contributed by atoms with Crippen LogP contribution in [-0.4, -0.2) is 15.1 Å². The van der Waals surface area contributed by atoms with Crippen LogP contribution < -0.4 is 0 Å². The van der Waals surface area contributed by atoms with Gasteiger partial charge in [0.05, 0.1) is 19.0 Å². The van der Waals surface area contributed by atoms with E-state index in [2.05, 4.69) is 9.97 Å². The van der Waals surface area contributed by atoms with Gasteiger partial charge >= 0.3 is 0 Å². The molecule has 0 fully saturated rings. The summed E-state index contributed by atoms with van der Waals surface area (Å²) in [5, 5.41) is 8.99. The molecular weight excluding hydrogens is 204 g/mol. The average molecular weight is 216 g/mol. The maximum atomic E-state index is 8.99. The molecule has 2 rings (SSSR count). The first kappa shape index (κ1) is 10.6. The molecule has 0 aliphatic carbocycles. The van der Waals surface area contributed by atoms with E-state index in [1.807, 2.05) is 30.3 Å². The van der Waals surface area contributed by atoms with E-state index in [0.717, 1.165) is 5.56 Å². The zero-order valence-electron chi connectivity index (χ0n) is 8.71. The molecule has 0 saturated heterocycles. The Labute approximate surface area is 93.6 Å². The minimum Gasteiger partial charge on any atom is -0.505 e. The Morgan fingerprint density at radius 3 is 2.38 bits per heavy atom. The van der Waals surface area contributed by atoms with Crippen LogP contribution in [0.1, 0.15) is 11.4 Å².